The molecule has 2 heterocycles. The van der Waals surface area contributed by atoms with Crippen molar-refractivity contribution in [2.75, 3.05) is 20.1 Å². The van der Waals surface area contributed by atoms with Gasteiger partial charge in [-0.25, -0.2) is 0 Å². The summed E-state index contributed by atoms with van der Waals surface area (Å²) in [6.07, 6.45) is 2.71. The molecule has 20 heavy (non-hydrogen) atoms. The van der Waals surface area contributed by atoms with Crippen LogP contribution in [0.1, 0.15) is 54.4 Å². The highest BCUT2D eigenvalue weighted by Crippen LogP contribution is 2.43. The highest BCUT2D eigenvalue weighted by atomic mass is 16.5. The molecule has 2 rings (SSSR count). The average molecular weight is 282 g/mol. The first-order valence-electron chi connectivity index (χ1n) is 8.29. The van der Waals surface area contributed by atoms with E-state index in [2.05, 4.69) is 58.8 Å². The summed E-state index contributed by atoms with van der Waals surface area (Å²) in [4.78, 5) is 2.69. The van der Waals surface area contributed by atoms with E-state index in [0.717, 1.165) is 12.5 Å². The van der Waals surface area contributed by atoms with E-state index in [9.17, 15) is 0 Å². The number of rotatable bonds is 3. The normalized spacial score (nSPS) is 41.0. The van der Waals surface area contributed by atoms with E-state index in [4.69, 9.17) is 4.74 Å². The number of likely N-dealkylation sites (N-methyl/N-ethyl adjacent to an activating group) is 1. The molecule has 2 aliphatic rings. The largest absolute Gasteiger partial charge is 0.368 e. The van der Waals surface area contributed by atoms with E-state index in [1.54, 1.807) is 0 Å². The second-order valence-electron chi connectivity index (χ2n) is 8.17. The lowest BCUT2D eigenvalue weighted by Gasteiger charge is -2.41. The molecular formula is C17H34N2O. The van der Waals surface area contributed by atoms with Crippen LogP contribution in [0, 0.1) is 11.8 Å². The van der Waals surface area contributed by atoms with E-state index in [-0.39, 0.29) is 11.2 Å². The first-order chi connectivity index (χ1) is 9.17. The van der Waals surface area contributed by atoms with Crippen LogP contribution in [0.3, 0.4) is 0 Å². The molecule has 0 aliphatic carbocycles. The zero-order chi connectivity index (χ0) is 15.1. The average Bonchev–Trinajstić information content (AvgIpc) is 2.48. The molecule has 0 bridgehead atoms. The first-order valence-corrected chi connectivity index (χ1v) is 8.29. The Kier molecular flexibility index (Phi) is 4.54. The molecule has 3 nitrogen and oxygen atoms in total. The second kappa shape index (κ2) is 5.58. The molecule has 118 valence electrons. The van der Waals surface area contributed by atoms with Crippen molar-refractivity contribution in [3.8, 4) is 0 Å². The van der Waals surface area contributed by atoms with E-state index < -0.39 is 0 Å². The molecule has 0 aromatic carbocycles. The summed E-state index contributed by atoms with van der Waals surface area (Å²) >= 11 is 0. The Hall–Kier alpha value is -0.120. The third-order valence-corrected chi connectivity index (χ3v) is 5.56. The van der Waals surface area contributed by atoms with Gasteiger partial charge in [-0.05, 0) is 60.4 Å². The van der Waals surface area contributed by atoms with Crippen molar-refractivity contribution in [1.82, 2.24) is 10.2 Å². The van der Waals surface area contributed by atoms with Gasteiger partial charge in [0.15, 0.2) is 0 Å². The lowest BCUT2D eigenvalue weighted by atomic mass is 9.81. The van der Waals surface area contributed by atoms with Crippen molar-refractivity contribution in [2.45, 2.75) is 77.7 Å². The maximum atomic E-state index is 6.37. The molecule has 1 N–H and O–H groups in total. The number of hydrogen-bond acceptors (Lipinski definition) is 3. The lowest BCUT2D eigenvalue weighted by molar-refractivity contribution is -0.0808. The van der Waals surface area contributed by atoms with Crippen LogP contribution in [0.4, 0.5) is 0 Å². The number of likely N-dealkylation sites (tertiary alicyclic amines) is 1. The van der Waals surface area contributed by atoms with E-state index in [0.29, 0.717) is 18.0 Å². The predicted octanol–water partition coefficient (Wildman–Crippen LogP) is 2.90. The Morgan fingerprint density at radius 1 is 1.10 bits per heavy atom. The molecule has 0 spiro atoms. The third-order valence-electron chi connectivity index (χ3n) is 5.56. The van der Waals surface area contributed by atoms with Crippen LogP contribution in [-0.4, -0.2) is 48.3 Å². The van der Waals surface area contributed by atoms with Crippen molar-refractivity contribution in [2.24, 2.45) is 11.8 Å². The topological polar surface area (TPSA) is 24.5 Å². The third kappa shape index (κ3) is 3.05. The Morgan fingerprint density at radius 2 is 1.75 bits per heavy atom. The van der Waals surface area contributed by atoms with Gasteiger partial charge in [0.25, 0.3) is 0 Å². The van der Waals surface area contributed by atoms with Crippen LogP contribution in [-0.2, 0) is 4.74 Å². The number of hydrogen-bond donors (Lipinski definition) is 1. The molecule has 0 aromatic heterocycles. The smallest absolute Gasteiger partial charge is 0.0790 e. The molecule has 2 fully saturated rings. The molecule has 4 unspecified atom stereocenters. The van der Waals surface area contributed by atoms with Crippen LogP contribution in [0.25, 0.3) is 0 Å². The summed E-state index contributed by atoms with van der Waals surface area (Å²) < 4.78 is 6.37. The summed E-state index contributed by atoms with van der Waals surface area (Å²) in [5, 5.41) is 3.52. The first kappa shape index (κ1) is 16.3. The van der Waals surface area contributed by atoms with Gasteiger partial charge in [-0.3, -0.25) is 4.90 Å². The molecule has 4 atom stereocenters. The number of nitrogens with zero attached hydrogens (tertiary/aromatic N) is 1. The van der Waals surface area contributed by atoms with Crippen molar-refractivity contribution < 1.29 is 4.74 Å². The van der Waals surface area contributed by atoms with Crippen molar-refractivity contribution >= 4 is 0 Å². The maximum Gasteiger partial charge on any atom is 0.0790 e. The Labute approximate surface area is 125 Å². The lowest BCUT2D eigenvalue weighted by Crippen LogP contribution is -2.52. The molecule has 0 aromatic rings. The summed E-state index contributed by atoms with van der Waals surface area (Å²) in [6.45, 7) is 16.1. The van der Waals surface area contributed by atoms with Gasteiger partial charge in [0.1, 0.15) is 0 Å². The molecule has 2 saturated heterocycles. The zero-order valence-corrected chi connectivity index (χ0v) is 14.5. The fraction of sp³-hybridized carbons (Fsp3) is 1.00. The van der Waals surface area contributed by atoms with Gasteiger partial charge >= 0.3 is 0 Å². The van der Waals surface area contributed by atoms with Crippen molar-refractivity contribution in [3.05, 3.63) is 0 Å². The van der Waals surface area contributed by atoms with Crippen molar-refractivity contribution in [1.29, 1.82) is 0 Å². The molecule has 2 aliphatic heterocycles. The van der Waals surface area contributed by atoms with Crippen LogP contribution in [0.2, 0.25) is 0 Å². The highest BCUT2D eigenvalue weighted by molar-refractivity contribution is 5.06. The Bertz CT molecular complexity index is 340. The predicted molar refractivity (Wildman–Crippen MR) is 85.0 cm³/mol. The van der Waals surface area contributed by atoms with Gasteiger partial charge in [-0.1, -0.05) is 6.92 Å². The van der Waals surface area contributed by atoms with Gasteiger partial charge in [0.05, 0.1) is 11.2 Å². The fourth-order valence-corrected chi connectivity index (χ4v) is 4.46. The fourth-order valence-electron chi connectivity index (χ4n) is 4.46. The monoisotopic (exact) mass is 282 g/mol. The van der Waals surface area contributed by atoms with Gasteiger partial charge in [0, 0.05) is 31.1 Å². The zero-order valence-electron chi connectivity index (χ0n) is 14.5. The van der Waals surface area contributed by atoms with Gasteiger partial charge in [0.2, 0.25) is 0 Å². The van der Waals surface area contributed by atoms with Crippen LogP contribution < -0.4 is 5.32 Å². The van der Waals surface area contributed by atoms with Crippen LogP contribution in [0.5, 0.6) is 0 Å². The highest BCUT2D eigenvalue weighted by Gasteiger charge is 2.53. The van der Waals surface area contributed by atoms with Crippen molar-refractivity contribution in [3.63, 3.8) is 0 Å². The minimum Gasteiger partial charge on any atom is -0.368 e. The SMILES string of the molecule is CNC1C(CN2CC(C)CCC2C)C(C)(C)OC1(C)C. The van der Waals surface area contributed by atoms with Gasteiger partial charge in [-0.2, -0.15) is 0 Å². The maximum absolute atomic E-state index is 6.37. The molecule has 3 heteroatoms. The van der Waals surface area contributed by atoms with Crippen LogP contribution >= 0.6 is 0 Å². The molecule has 0 saturated carbocycles. The van der Waals surface area contributed by atoms with E-state index >= 15 is 0 Å². The summed E-state index contributed by atoms with van der Waals surface area (Å²) in [6, 6.07) is 1.13. The van der Waals surface area contributed by atoms with E-state index in [1.807, 2.05) is 0 Å². The minimum absolute atomic E-state index is 0.0580. The van der Waals surface area contributed by atoms with Gasteiger partial charge in [-0.15, -0.1) is 0 Å². The Morgan fingerprint density at radius 3 is 2.35 bits per heavy atom. The molecule has 0 amide bonds. The number of nitrogens with one attached hydrogen (secondary N) is 1. The standard InChI is InChI=1S/C17H34N2O/c1-12-8-9-13(2)19(10-12)11-14-15(18-7)17(5,6)20-16(14,3)4/h12-15,18H,8-11H2,1-7H3. The number of piperidine rings is 1. The summed E-state index contributed by atoms with van der Waals surface area (Å²) in [5.74, 6) is 1.37. The quantitative estimate of drug-likeness (QED) is 0.861. The summed E-state index contributed by atoms with van der Waals surface area (Å²) in [7, 11) is 2.08. The second-order valence-corrected chi connectivity index (χ2v) is 8.17. The van der Waals surface area contributed by atoms with E-state index in [1.165, 1.54) is 19.4 Å². The Balaban J connectivity index is 2.13. The molecule has 0 radical (unpaired) electrons. The van der Waals surface area contributed by atoms with Gasteiger partial charge < -0.3 is 10.1 Å². The number of ether oxygens (including phenoxy) is 1. The summed E-state index contributed by atoms with van der Waals surface area (Å²) in [5.41, 5.74) is -0.148. The minimum atomic E-state index is -0.0897. The van der Waals surface area contributed by atoms with Crippen LogP contribution in [0.15, 0.2) is 0 Å². The molecular weight excluding hydrogens is 248 g/mol.